The second-order valence-electron chi connectivity index (χ2n) is 9.57. The van der Waals surface area contributed by atoms with Crippen LogP contribution in [0.4, 0.5) is 5.69 Å². The number of hydrogen-bond donors (Lipinski definition) is 1. The lowest BCUT2D eigenvalue weighted by atomic mass is 9.87. The number of carbonyl (C=O) groups is 1. The van der Waals surface area contributed by atoms with Crippen LogP contribution in [-0.4, -0.2) is 38.3 Å². The molecule has 1 saturated carbocycles. The zero-order valence-electron chi connectivity index (χ0n) is 19.7. The van der Waals surface area contributed by atoms with Crippen molar-refractivity contribution in [1.82, 2.24) is 4.31 Å². The first-order valence-electron chi connectivity index (χ1n) is 11.3. The van der Waals surface area contributed by atoms with E-state index in [2.05, 4.69) is 42.0 Å². The Balaban J connectivity index is 1.58. The minimum absolute atomic E-state index is 0.0171. The summed E-state index contributed by atoms with van der Waals surface area (Å²) < 4.78 is 33.9. The molecule has 0 atom stereocenters. The van der Waals surface area contributed by atoms with Crippen molar-refractivity contribution < 1.29 is 17.9 Å². The quantitative estimate of drug-likeness (QED) is 0.491. The van der Waals surface area contributed by atoms with E-state index < -0.39 is 10.0 Å². The van der Waals surface area contributed by atoms with E-state index in [9.17, 15) is 13.2 Å². The minimum Gasteiger partial charge on any atom is -0.483 e. The zero-order chi connectivity index (χ0) is 24.2. The van der Waals surface area contributed by atoms with E-state index in [-0.39, 0.29) is 28.9 Å². The van der Waals surface area contributed by atoms with Gasteiger partial charge in [0.2, 0.25) is 10.0 Å². The van der Waals surface area contributed by atoms with Crippen LogP contribution >= 0.6 is 15.9 Å². The van der Waals surface area contributed by atoms with E-state index in [1.807, 2.05) is 18.2 Å². The predicted molar refractivity (Wildman–Crippen MR) is 135 cm³/mol. The Morgan fingerprint density at radius 1 is 1.09 bits per heavy atom. The number of amides is 1. The summed E-state index contributed by atoms with van der Waals surface area (Å²) in [4.78, 5) is 12.6. The average molecular weight is 538 g/mol. The molecule has 1 aliphatic carbocycles. The maximum absolute atomic E-state index is 13.0. The lowest BCUT2D eigenvalue weighted by Crippen LogP contribution is -2.38. The van der Waals surface area contributed by atoms with Gasteiger partial charge >= 0.3 is 0 Å². The SMILES string of the molecule is CN(C1CCCCC1)S(=O)(=O)c1ccc(NC(=O)COc2ccc(C(C)(C)C)cc2Br)cc1. The molecule has 0 saturated heterocycles. The third kappa shape index (κ3) is 6.58. The monoisotopic (exact) mass is 536 g/mol. The first-order valence-corrected chi connectivity index (χ1v) is 13.5. The molecule has 180 valence electrons. The van der Waals surface area contributed by atoms with E-state index in [4.69, 9.17) is 4.74 Å². The Bertz CT molecular complexity index is 1070. The number of benzene rings is 2. The largest absolute Gasteiger partial charge is 0.483 e. The van der Waals surface area contributed by atoms with Gasteiger partial charge in [-0.3, -0.25) is 4.79 Å². The second kappa shape index (κ2) is 10.6. The van der Waals surface area contributed by atoms with Gasteiger partial charge in [0.05, 0.1) is 9.37 Å². The summed E-state index contributed by atoms with van der Waals surface area (Å²) in [6.45, 7) is 6.24. The zero-order valence-corrected chi connectivity index (χ0v) is 22.1. The first-order chi connectivity index (χ1) is 15.5. The highest BCUT2D eigenvalue weighted by molar-refractivity contribution is 9.10. The molecule has 1 aliphatic rings. The van der Waals surface area contributed by atoms with Crippen LogP contribution in [0.15, 0.2) is 51.8 Å². The Labute approximate surface area is 205 Å². The van der Waals surface area contributed by atoms with E-state index in [0.29, 0.717) is 11.4 Å². The van der Waals surface area contributed by atoms with Crippen LogP contribution in [0.25, 0.3) is 0 Å². The maximum Gasteiger partial charge on any atom is 0.262 e. The van der Waals surface area contributed by atoms with Crippen molar-refractivity contribution in [2.24, 2.45) is 0 Å². The Kier molecular flexibility index (Phi) is 8.24. The van der Waals surface area contributed by atoms with Crippen molar-refractivity contribution in [2.45, 2.75) is 69.2 Å². The Morgan fingerprint density at radius 2 is 1.73 bits per heavy atom. The first kappa shape index (κ1) is 25.7. The lowest BCUT2D eigenvalue weighted by Gasteiger charge is -2.30. The molecule has 0 radical (unpaired) electrons. The molecule has 1 N–H and O–H groups in total. The average Bonchev–Trinajstić information content (AvgIpc) is 2.78. The normalized spacial score (nSPS) is 15.5. The van der Waals surface area contributed by atoms with Crippen molar-refractivity contribution in [3.8, 4) is 5.75 Å². The van der Waals surface area contributed by atoms with Gasteiger partial charge in [-0.15, -0.1) is 0 Å². The van der Waals surface area contributed by atoms with Crippen LogP contribution in [0.1, 0.15) is 58.4 Å². The van der Waals surface area contributed by atoms with Gasteiger partial charge in [0.1, 0.15) is 5.75 Å². The van der Waals surface area contributed by atoms with Crippen LogP contribution in [0.3, 0.4) is 0 Å². The van der Waals surface area contributed by atoms with Gasteiger partial charge in [-0.2, -0.15) is 4.31 Å². The van der Waals surface area contributed by atoms with Crippen LogP contribution in [0.5, 0.6) is 5.75 Å². The third-order valence-corrected chi connectivity index (χ3v) is 8.60. The topological polar surface area (TPSA) is 75.7 Å². The van der Waals surface area contributed by atoms with Gasteiger partial charge in [0.25, 0.3) is 5.91 Å². The van der Waals surface area contributed by atoms with Gasteiger partial charge in [0, 0.05) is 18.8 Å². The summed E-state index contributed by atoms with van der Waals surface area (Å²) in [7, 11) is -1.90. The van der Waals surface area contributed by atoms with E-state index in [0.717, 1.165) is 35.7 Å². The Hall–Kier alpha value is -1.90. The molecule has 8 heteroatoms. The van der Waals surface area contributed by atoms with Crippen LogP contribution in [0.2, 0.25) is 0 Å². The van der Waals surface area contributed by atoms with Crippen LogP contribution in [-0.2, 0) is 20.2 Å². The smallest absolute Gasteiger partial charge is 0.262 e. The van der Waals surface area contributed by atoms with Gasteiger partial charge in [-0.25, -0.2) is 8.42 Å². The molecule has 33 heavy (non-hydrogen) atoms. The molecule has 1 amide bonds. The van der Waals surface area contributed by atoms with Crippen molar-refractivity contribution >= 4 is 37.5 Å². The molecule has 0 heterocycles. The molecule has 0 unspecified atom stereocenters. The van der Waals surface area contributed by atoms with Gasteiger partial charge in [0.15, 0.2) is 6.61 Å². The van der Waals surface area contributed by atoms with Crippen LogP contribution in [0, 0.1) is 0 Å². The fourth-order valence-electron chi connectivity index (χ4n) is 3.94. The molecular formula is C25H33BrN2O4S. The number of ether oxygens (including phenoxy) is 1. The second-order valence-corrected chi connectivity index (χ2v) is 12.4. The molecular weight excluding hydrogens is 504 g/mol. The van der Waals surface area contributed by atoms with Gasteiger partial charge in [-0.05, 0) is 76.1 Å². The van der Waals surface area contributed by atoms with Crippen molar-refractivity contribution in [1.29, 1.82) is 0 Å². The number of halogens is 1. The molecule has 0 spiro atoms. The number of nitrogens with one attached hydrogen (secondary N) is 1. The minimum atomic E-state index is -3.56. The summed E-state index contributed by atoms with van der Waals surface area (Å²) in [5.74, 6) is 0.266. The maximum atomic E-state index is 13.0. The third-order valence-electron chi connectivity index (χ3n) is 6.06. The number of rotatable bonds is 7. The molecule has 0 aromatic heterocycles. The molecule has 2 aromatic carbocycles. The van der Waals surface area contributed by atoms with Crippen molar-refractivity contribution in [3.63, 3.8) is 0 Å². The van der Waals surface area contributed by atoms with Gasteiger partial charge < -0.3 is 10.1 Å². The van der Waals surface area contributed by atoms with E-state index in [1.165, 1.54) is 22.9 Å². The fraction of sp³-hybridized carbons (Fsp3) is 0.480. The molecule has 2 aromatic rings. The fourth-order valence-corrected chi connectivity index (χ4v) is 5.85. The Morgan fingerprint density at radius 3 is 2.30 bits per heavy atom. The highest BCUT2D eigenvalue weighted by Gasteiger charge is 2.29. The molecule has 3 rings (SSSR count). The van der Waals surface area contributed by atoms with E-state index >= 15 is 0 Å². The molecule has 1 fully saturated rings. The van der Waals surface area contributed by atoms with Gasteiger partial charge in [-0.1, -0.05) is 46.1 Å². The molecule has 0 bridgehead atoms. The standard InChI is InChI=1S/C25H33BrN2O4S/c1-25(2,3)18-10-15-23(22(26)16-18)32-17-24(29)27-19-11-13-21(14-12-19)33(30,31)28(4)20-8-6-5-7-9-20/h10-16,20H,5-9,17H2,1-4H3,(H,27,29). The summed E-state index contributed by atoms with van der Waals surface area (Å²) in [5.41, 5.74) is 1.70. The lowest BCUT2D eigenvalue weighted by molar-refractivity contribution is -0.118. The summed E-state index contributed by atoms with van der Waals surface area (Å²) in [5, 5.41) is 2.75. The highest BCUT2D eigenvalue weighted by Crippen LogP contribution is 2.31. The highest BCUT2D eigenvalue weighted by atomic mass is 79.9. The number of hydrogen-bond acceptors (Lipinski definition) is 4. The number of nitrogens with zero attached hydrogens (tertiary/aromatic N) is 1. The van der Waals surface area contributed by atoms with Crippen molar-refractivity contribution in [2.75, 3.05) is 19.0 Å². The molecule has 6 nitrogen and oxygen atoms in total. The predicted octanol–water partition coefficient (Wildman–Crippen LogP) is 5.72. The summed E-state index contributed by atoms with van der Waals surface area (Å²) in [6, 6.07) is 12.2. The van der Waals surface area contributed by atoms with Crippen LogP contribution < -0.4 is 10.1 Å². The summed E-state index contributed by atoms with van der Waals surface area (Å²) >= 11 is 3.51. The number of anilines is 1. The number of carbonyl (C=O) groups excluding carboxylic acids is 1. The van der Waals surface area contributed by atoms with E-state index in [1.54, 1.807) is 19.2 Å². The number of sulfonamides is 1. The van der Waals surface area contributed by atoms with Crippen molar-refractivity contribution in [3.05, 3.63) is 52.5 Å². The molecule has 0 aliphatic heterocycles. The summed E-state index contributed by atoms with van der Waals surface area (Å²) in [6.07, 6.45) is 5.10.